The van der Waals surface area contributed by atoms with Crippen molar-refractivity contribution in [1.82, 2.24) is 4.98 Å². The molecule has 0 bridgehead atoms. The van der Waals surface area contributed by atoms with E-state index in [1.807, 2.05) is 0 Å². The number of benzene rings is 2. The van der Waals surface area contributed by atoms with Crippen molar-refractivity contribution >= 4 is 28.7 Å². The molecule has 0 saturated carbocycles. The first-order chi connectivity index (χ1) is 18.5. The predicted octanol–water partition coefficient (Wildman–Crippen LogP) is 5.76. The van der Waals surface area contributed by atoms with Gasteiger partial charge in [-0.15, -0.1) is 0 Å². The van der Waals surface area contributed by atoms with Gasteiger partial charge in [0.05, 0.1) is 19.8 Å². The minimum absolute atomic E-state index is 0.106. The van der Waals surface area contributed by atoms with Crippen LogP contribution in [-0.4, -0.2) is 36.7 Å². The van der Waals surface area contributed by atoms with Crippen LogP contribution in [0.1, 0.15) is 34.0 Å². The summed E-state index contributed by atoms with van der Waals surface area (Å²) >= 11 is 0. The Morgan fingerprint density at radius 3 is 2.10 bits per heavy atom. The van der Waals surface area contributed by atoms with Gasteiger partial charge in [-0.1, -0.05) is 12.1 Å². The molecule has 4 rings (SSSR count). The summed E-state index contributed by atoms with van der Waals surface area (Å²) in [6.07, 6.45) is -1.40. The van der Waals surface area contributed by atoms with E-state index in [1.54, 1.807) is 37.5 Å². The molecular weight excluding hydrogens is 513 g/mol. The van der Waals surface area contributed by atoms with E-state index in [1.165, 1.54) is 27.2 Å². The second-order valence-corrected chi connectivity index (χ2v) is 8.66. The van der Waals surface area contributed by atoms with Crippen molar-refractivity contribution < 1.29 is 37.0 Å². The Morgan fingerprint density at radius 2 is 1.54 bits per heavy atom. The summed E-state index contributed by atoms with van der Waals surface area (Å²) in [4.78, 5) is 43.9. The fourth-order valence-electron chi connectivity index (χ4n) is 4.46. The number of carbonyl (C=O) groups excluding carboxylic acids is 3. The summed E-state index contributed by atoms with van der Waals surface area (Å²) in [6.45, 7) is 3.21. The highest BCUT2D eigenvalue weighted by Gasteiger charge is 2.36. The number of pyridine rings is 1. The van der Waals surface area contributed by atoms with E-state index in [9.17, 15) is 27.6 Å². The third-order valence-electron chi connectivity index (χ3n) is 6.37. The van der Waals surface area contributed by atoms with E-state index in [2.05, 4.69) is 10.3 Å². The number of carbonyl (C=O) groups is 3. The largest absolute Gasteiger partial charge is 0.489 e. The molecule has 1 aliphatic rings. The second kappa shape index (κ2) is 10.6. The minimum atomic E-state index is -4.50. The average Bonchev–Trinajstić information content (AvgIpc) is 2.91. The zero-order valence-corrected chi connectivity index (χ0v) is 21.4. The highest BCUT2D eigenvalue weighted by molar-refractivity contribution is 6.38. The van der Waals surface area contributed by atoms with E-state index < -0.39 is 29.2 Å². The van der Waals surface area contributed by atoms with Gasteiger partial charge in [0.25, 0.3) is 5.91 Å². The Hall–Kier alpha value is -4.73. The topological polar surface area (TPSA) is 94.6 Å². The van der Waals surface area contributed by atoms with Crippen molar-refractivity contribution in [3.8, 4) is 11.1 Å². The number of aromatic nitrogens is 1. The van der Waals surface area contributed by atoms with Crippen molar-refractivity contribution in [2.24, 2.45) is 0 Å². The lowest BCUT2D eigenvalue weighted by Crippen LogP contribution is -2.25. The molecule has 2 aromatic carbocycles. The summed E-state index contributed by atoms with van der Waals surface area (Å²) < 4.78 is 49.1. The van der Waals surface area contributed by atoms with Crippen LogP contribution < -0.4 is 5.32 Å². The quantitative estimate of drug-likeness (QED) is 0.403. The molecule has 1 amide bonds. The van der Waals surface area contributed by atoms with Gasteiger partial charge in [-0.05, 0) is 66.9 Å². The van der Waals surface area contributed by atoms with Gasteiger partial charge in [0, 0.05) is 40.4 Å². The summed E-state index contributed by atoms with van der Waals surface area (Å²) in [5.74, 6) is -2.06. The van der Waals surface area contributed by atoms with E-state index >= 15 is 0 Å². The molecular formula is C29H23F3N2O5. The molecule has 1 heterocycles. The van der Waals surface area contributed by atoms with Crippen LogP contribution in [0.15, 0.2) is 78.0 Å². The molecule has 0 unspecified atom stereocenters. The number of nitrogens with zero attached hydrogens (tertiary/aromatic N) is 1. The maximum absolute atomic E-state index is 13.4. The van der Waals surface area contributed by atoms with Crippen LogP contribution in [0, 0.1) is 6.92 Å². The first-order valence-electron chi connectivity index (χ1n) is 11.6. The van der Waals surface area contributed by atoms with Crippen LogP contribution in [0.3, 0.4) is 0 Å². The SMILES string of the molecule is COC1=C(OC)C(=O)C(c2ccc(C(=O)Nc3ccc(C(F)(F)F)cc3)c(-c3cccnc3)c2C)=C(C)C1=O. The second-order valence-electron chi connectivity index (χ2n) is 8.66. The monoisotopic (exact) mass is 536 g/mol. The summed E-state index contributed by atoms with van der Waals surface area (Å²) in [5.41, 5.74) is 1.68. The highest BCUT2D eigenvalue weighted by atomic mass is 19.4. The molecule has 7 nitrogen and oxygen atoms in total. The molecule has 10 heteroatoms. The van der Waals surface area contributed by atoms with Gasteiger partial charge in [-0.3, -0.25) is 19.4 Å². The molecule has 39 heavy (non-hydrogen) atoms. The zero-order valence-electron chi connectivity index (χ0n) is 21.4. The fourth-order valence-corrected chi connectivity index (χ4v) is 4.46. The van der Waals surface area contributed by atoms with Crippen molar-refractivity contribution in [1.29, 1.82) is 0 Å². The number of rotatable bonds is 6. The number of ether oxygens (including phenoxy) is 2. The highest BCUT2D eigenvalue weighted by Crippen LogP contribution is 2.38. The van der Waals surface area contributed by atoms with Crippen LogP contribution in [0.5, 0.6) is 0 Å². The van der Waals surface area contributed by atoms with Crippen LogP contribution >= 0.6 is 0 Å². The fraction of sp³-hybridized carbons (Fsp3) is 0.172. The number of nitrogens with one attached hydrogen (secondary N) is 1. The van der Waals surface area contributed by atoms with Gasteiger partial charge < -0.3 is 14.8 Å². The molecule has 0 atom stereocenters. The first kappa shape index (κ1) is 27.3. The Labute approximate surface area is 222 Å². The van der Waals surface area contributed by atoms with Gasteiger partial charge in [-0.25, -0.2) is 0 Å². The van der Waals surface area contributed by atoms with Gasteiger partial charge in [0.15, 0.2) is 0 Å². The molecule has 1 aromatic heterocycles. The number of allylic oxidation sites excluding steroid dienone is 2. The van der Waals surface area contributed by atoms with Crippen molar-refractivity contribution in [3.63, 3.8) is 0 Å². The Bertz CT molecular complexity index is 1540. The lowest BCUT2D eigenvalue weighted by atomic mass is 9.83. The number of hydrogen-bond donors (Lipinski definition) is 1. The Balaban J connectivity index is 1.83. The molecule has 3 aromatic rings. The maximum atomic E-state index is 13.4. The number of Topliss-reactive ketones (excluding diaryl/α,β-unsaturated/α-hetero) is 2. The number of amides is 1. The zero-order chi connectivity index (χ0) is 28.5. The molecule has 1 aliphatic carbocycles. The minimum Gasteiger partial charge on any atom is -0.489 e. The molecule has 200 valence electrons. The van der Waals surface area contributed by atoms with Crippen LogP contribution in [0.4, 0.5) is 18.9 Å². The summed E-state index contributed by atoms with van der Waals surface area (Å²) in [6, 6.07) is 10.5. The molecule has 0 saturated heterocycles. The lowest BCUT2D eigenvalue weighted by Gasteiger charge is -2.23. The molecule has 0 aliphatic heterocycles. The van der Waals surface area contributed by atoms with Crippen molar-refractivity contribution in [2.75, 3.05) is 19.5 Å². The van der Waals surface area contributed by atoms with Gasteiger partial charge >= 0.3 is 6.18 Å². The van der Waals surface area contributed by atoms with Crippen LogP contribution in [-0.2, 0) is 25.2 Å². The number of ketones is 2. The molecule has 0 spiro atoms. The van der Waals surface area contributed by atoms with E-state index in [4.69, 9.17) is 9.47 Å². The molecule has 0 radical (unpaired) electrons. The van der Waals surface area contributed by atoms with Gasteiger partial charge in [-0.2, -0.15) is 13.2 Å². The normalized spacial score (nSPS) is 14.0. The van der Waals surface area contributed by atoms with Crippen molar-refractivity contribution in [3.05, 3.63) is 100 Å². The summed E-state index contributed by atoms with van der Waals surface area (Å²) in [7, 11) is 2.54. The third kappa shape index (κ3) is 5.05. The average molecular weight is 537 g/mol. The number of hydrogen-bond acceptors (Lipinski definition) is 6. The van der Waals surface area contributed by atoms with E-state index in [0.29, 0.717) is 22.3 Å². The van der Waals surface area contributed by atoms with Crippen LogP contribution in [0.2, 0.25) is 0 Å². The Kier molecular flexibility index (Phi) is 7.40. The van der Waals surface area contributed by atoms with Gasteiger partial charge in [0.1, 0.15) is 0 Å². The number of halogens is 3. The van der Waals surface area contributed by atoms with Gasteiger partial charge in [0.2, 0.25) is 23.1 Å². The standard InChI is InChI=1S/C29H23F3N2O5/c1-15-20(23-16(2)24(35)26(38-3)27(39-4)25(23)36)11-12-21(22(15)17-6-5-13-33-14-17)28(37)34-19-9-7-18(8-10-19)29(30,31)32/h5-14H,1-4H3,(H,34,37). The summed E-state index contributed by atoms with van der Waals surface area (Å²) in [5, 5.41) is 2.62. The number of anilines is 1. The predicted molar refractivity (Wildman–Crippen MR) is 137 cm³/mol. The van der Waals surface area contributed by atoms with Crippen molar-refractivity contribution in [2.45, 2.75) is 20.0 Å². The smallest absolute Gasteiger partial charge is 0.416 e. The van der Waals surface area contributed by atoms with E-state index in [-0.39, 0.29) is 33.9 Å². The first-order valence-corrected chi connectivity index (χ1v) is 11.6. The number of alkyl halides is 3. The lowest BCUT2D eigenvalue weighted by molar-refractivity contribution is -0.137. The molecule has 0 fully saturated rings. The third-order valence-corrected chi connectivity index (χ3v) is 6.37. The van der Waals surface area contributed by atoms with Crippen LogP contribution in [0.25, 0.3) is 16.7 Å². The molecule has 1 N–H and O–H groups in total. The van der Waals surface area contributed by atoms with E-state index in [0.717, 1.165) is 24.3 Å². The Morgan fingerprint density at radius 1 is 0.897 bits per heavy atom. The maximum Gasteiger partial charge on any atom is 0.416 e. The number of methoxy groups -OCH3 is 2.